The number of nitrogens with one attached hydrogen (secondary N) is 2. The van der Waals surface area contributed by atoms with Crippen molar-refractivity contribution in [3.05, 3.63) is 58.6 Å². The molecule has 0 bridgehead atoms. The van der Waals surface area contributed by atoms with Gasteiger partial charge < -0.3 is 15.0 Å². The highest BCUT2D eigenvalue weighted by atomic mass is 16.4. The van der Waals surface area contributed by atoms with Crippen LogP contribution < -0.4 is 16.2 Å². The molecule has 0 radical (unpaired) electrons. The summed E-state index contributed by atoms with van der Waals surface area (Å²) in [7, 11) is 1.55. The number of carbonyl (C=O) groups excluding carboxylic acids is 1. The SMILES string of the molecule is Cn1ccnc(NC(=O)NC(CCC(=O)O)Cc2ccccc2)c1=O. The Morgan fingerprint density at radius 1 is 1.28 bits per heavy atom. The monoisotopic (exact) mass is 344 g/mol. The number of carbonyl (C=O) groups is 2. The van der Waals surface area contributed by atoms with Gasteiger partial charge in [-0.25, -0.2) is 9.78 Å². The van der Waals surface area contributed by atoms with Gasteiger partial charge in [-0.1, -0.05) is 30.3 Å². The van der Waals surface area contributed by atoms with Gasteiger partial charge in [0.1, 0.15) is 0 Å². The van der Waals surface area contributed by atoms with Crippen LogP contribution >= 0.6 is 0 Å². The average molecular weight is 344 g/mol. The molecule has 1 aromatic carbocycles. The molecule has 1 heterocycles. The van der Waals surface area contributed by atoms with Crippen molar-refractivity contribution in [2.45, 2.75) is 25.3 Å². The summed E-state index contributed by atoms with van der Waals surface area (Å²) in [4.78, 5) is 38.7. The standard InChI is InChI=1S/C17H20N4O4/c1-21-10-9-18-15(16(21)24)20-17(25)19-13(7-8-14(22)23)11-12-5-3-2-4-6-12/h2-6,9-10,13H,7-8,11H2,1H3,(H,22,23)(H2,18,19,20,25). The van der Waals surface area contributed by atoms with Gasteiger partial charge >= 0.3 is 12.0 Å². The maximum Gasteiger partial charge on any atom is 0.320 e. The van der Waals surface area contributed by atoms with E-state index in [1.54, 1.807) is 7.05 Å². The van der Waals surface area contributed by atoms with Crippen LogP contribution in [0.5, 0.6) is 0 Å². The molecule has 1 atom stereocenters. The fourth-order valence-electron chi connectivity index (χ4n) is 2.33. The zero-order valence-corrected chi connectivity index (χ0v) is 13.8. The first-order valence-electron chi connectivity index (χ1n) is 7.80. The lowest BCUT2D eigenvalue weighted by molar-refractivity contribution is -0.137. The van der Waals surface area contributed by atoms with Crippen molar-refractivity contribution < 1.29 is 14.7 Å². The molecule has 3 N–H and O–H groups in total. The van der Waals surface area contributed by atoms with Gasteiger partial charge in [-0.2, -0.15) is 0 Å². The molecule has 2 amide bonds. The number of hydrogen-bond donors (Lipinski definition) is 3. The van der Waals surface area contributed by atoms with Gasteiger partial charge in [0, 0.05) is 31.9 Å². The van der Waals surface area contributed by atoms with E-state index in [0.29, 0.717) is 6.42 Å². The van der Waals surface area contributed by atoms with E-state index in [4.69, 9.17) is 5.11 Å². The van der Waals surface area contributed by atoms with Gasteiger partial charge in [0.25, 0.3) is 5.56 Å². The number of aryl methyl sites for hydroxylation is 1. The fraction of sp³-hybridized carbons (Fsp3) is 0.294. The maximum absolute atomic E-state index is 12.2. The Kier molecular flexibility index (Phi) is 6.27. The van der Waals surface area contributed by atoms with Crippen LogP contribution in [0.3, 0.4) is 0 Å². The molecular weight excluding hydrogens is 324 g/mol. The van der Waals surface area contributed by atoms with Crippen LogP contribution in [-0.2, 0) is 18.3 Å². The van der Waals surface area contributed by atoms with Gasteiger partial charge in [-0.3, -0.25) is 14.9 Å². The van der Waals surface area contributed by atoms with Crippen LogP contribution in [0, 0.1) is 0 Å². The highest BCUT2D eigenvalue weighted by Gasteiger charge is 2.16. The number of nitrogens with zero attached hydrogens (tertiary/aromatic N) is 2. The van der Waals surface area contributed by atoms with Crippen LogP contribution in [0.2, 0.25) is 0 Å². The Morgan fingerprint density at radius 3 is 2.68 bits per heavy atom. The molecular formula is C17H20N4O4. The largest absolute Gasteiger partial charge is 0.481 e. The molecule has 8 heteroatoms. The van der Waals surface area contributed by atoms with E-state index in [1.165, 1.54) is 17.0 Å². The third kappa shape index (κ3) is 5.76. The number of carboxylic acid groups (broad SMARTS) is 1. The molecule has 25 heavy (non-hydrogen) atoms. The first-order chi connectivity index (χ1) is 12.0. The van der Waals surface area contributed by atoms with Gasteiger partial charge in [-0.05, 0) is 18.4 Å². The summed E-state index contributed by atoms with van der Waals surface area (Å²) in [6, 6.07) is 8.46. The fourth-order valence-corrected chi connectivity index (χ4v) is 2.33. The highest BCUT2D eigenvalue weighted by molar-refractivity contribution is 5.88. The summed E-state index contributed by atoms with van der Waals surface area (Å²) in [6.07, 6.45) is 3.59. The zero-order valence-electron chi connectivity index (χ0n) is 13.8. The second-order valence-corrected chi connectivity index (χ2v) is 5.61. The Labute approximate surface area is 144 Å². The summed E-state index contributed by atoms with van der Waals surface area (Å²) >= 11 is 0. The minimum absolute atomic E-state index is 0.0663. The predicted octanol–water partition coefficient (Wildman–Crippen LogP) is 1.38. The second kappa shape index (κ2) is 8.62. The molecule has 1 unspecified atom stereocenters. The summed E-state index contributed by atoms with van der Waals surface area (Å²) in [5, 5.41) is 14.0. The molecule has 0 fully saturated rings. The average Bonchev–Trinajstić information content (AvgIpc) is 2.58. The normalized spacial score (nSPS) is 11.6. The number of hydrogen-bond acceptors (Lipinski definition) is 4. The van der Waals surface area contributed by atoms with E-state index in [2.05, 4.69) is 15.6 Å². The summed E-state index contributed by atoms with van der Waals surface area (Å²) in [5.41, 5.74) is 0.551. The highest BCUT2D eigenvalue weighted by Crippen LogP contribution is 2.08. The third-order valence-electron chi connectivity index (χ3n) is 3.62. The molecule has 8 nitrogen and oxygen atoms in total. The van der Waals surface area contributed by atoms with E-state index in [0.717, 1.165) is 5.56 Å². The zero-order chi connectivity index (χ0) is 18.2. The number of aromatic nitrogens is 2. The predicted molar refractivity (Wildman–Crippen MR) is 92.4 cm³/mol. The van der Waals surface area contributed by atoms with E-state index in [1.807, 2.05) is 30.3 Å². The molecule has 1 aromatic heterocycles. The molecule has 0 aliphatic heterocycles. The second-order valence-electron chi connectivity index (χ2n) is 5.61. The number of anilines is 1. The lowest BCUT2D eigenvalue weighted by Gasteiger charge is -2.18. The molecule has 0 spiro atoms. The first kappa shape index (κ1) is 18.2. The molecule has 132 valence electrons. The molecule has 0 saturated heterocycles. The van der Waals surface area contributed by atoms with Crippen molar-refractivity contribution in [3.63, 3.8) is 0 Å². The maximum atomic E-state index is 12.2. The number of urea groups is 1. The Hall–Kier alpha value is -3.16. The van der Waals surface area contributed by atoms with Crippen molar-refractivity contribution >= 4 is 17.8 Å². The minimum atomic E-state index is -0.932. The molecule has 2 rings (SSSR count). The molecule has 0 saturated carbocycles. The van der Waals surface area contributed by atoms with Gasteiger partial charge in [0.15, 0.2) is 0 Å². The van der Waals surface area contributed by atoms with Crippen molar-refractivity contribution in [2.24, 2.45) is 7.05 Å². The number of benzene rings is 1. The number of amides is 2. The van der Waals surface area contributed by atoms with Crippen LogP contribution in [-0.4, -0.2) is 32.7 Å². The Balaban J connectivity index is 2.04. The topological polar surface area (TPSA) is 113 Å². The van der Waals surface area contributed by atoms with Crippen LogP contribution in [0.15, 0.2) is 47.5 Å². The van der Waals surface area contributed by atoms with Crippen molar-refractivity contribution in [3.8, 4) is 0 Å². The smallest absolute Gasteiger partial charge is 0.320 e. The van der Waals surface area contributed by atoms with Crippen LogP contribution in [0.25, 0.3) is 0 Å². The minimum Gasteiger partial charge on any atom is -0.481 e. The lowest BCUT2D eigenvalue weighted by atomic mass is 10.0. The first-order valence-corrected chi connectivity index (χ1v) is 7.80. The van der Waals surface area contributed by atoms with Crippen LogP contribution in [0.4, 0.5) is 10.6 Å². The Morgan fingerprint density at radius 2 is 2.00 bits per heavy atom. The summed E-state index contributed by atoms with van der Waals surface area (Å²) < 4.78 is 1.30. The number of carboxylic acids is 1. The van der Waals surface area contributed by atoms with E-state index >= 15 is 0 Å². The van der Waals surface area contributed by atoms with Crippen molar-refractivity contribution in [1.29, 1.82) is 0 Å². The molecule has 2 aromatic rings. The third-order valence-corrected chi connectivity index (χ3v) is 3.62. The molecule has 0 aliphatic rings. The number of aliphatic carboxylic acids is 1. The summed E-state index contributed by atoms with van der Waals surface area (Å²) in [5.74, 6) is -1.02. The number of rotatable bonds is 7. The van der Waals surface area contributed by atoms with E-state index in [-0.39, 0.29) is 24.7 Å². The molecule has 0 aliphatic carbocycles. The van der Waals surface area contributed by atoms with Crippen molar-refractivity contribution in [2.75, 3.05) is 5.32 Å². The quantitative estimate of drug-likeness (QED) is 0.702. The Bertz CT molecular complexity index is 789. The van der Waals surface area contributed by atoms with Gasteiger partial charge in [0.05, 0.1) is 0 Å². The van der Waals surface area contributed by atoms with E-state index < -0.39 is 17.6 Å². The van der Waals surface area contributed by atoms with E-state index in [9.17, 15) is 14.4 Å². The van der Waals surface area contributed by atoms with Crippen LogP contribution in [0.1, 0.15) is 18.4 Å². The summed E-state index contributed by atoms with van der Waals surface area (Å²) in [6.45, 7) is 0. The van der Waals surface area contributed by atoms with Gasteiger partial charge in [-0.15, -0.1) is 0 Å². The lowest BCUT2D eigenvalue weighted by Crippen LogP contribution is -2.41. The van der Waals surface area contributed by atoms with Crippen molar-refractivity contribution in [1.82, 2.24) is 14.9 Å². The van der Waals surface area contributed by atoms with Gasteiger partial charge in [0.2, 0.25) is 5.82 Å².